The van der Waals surface area contributed by atoms with Crippen molar-refractivity contribution in [3.8, 4) is 0 Å². The van der Waals surface area contributed by atoms with Gasteiger partial charge in [-0.25, -0.2) is 4.79 Å². The van der Waals surface area contributed by atoms with Gasteiger partial charge in [0.05, 0.1) is 0 Å². The van der Waals surface area contributed by atoms with Gasteiger partial charge in [0.2, 0.25) is 17.7 Å². The Labute approximate surface area is 274 Å². The number of carbonyl (C=O) groups is 4. The lowest BCUT2D eigenvalue weighted by Gasteiger charge is -2.30. The number of aromatic amines is 1. The summed E-state index contributed by atoms with van der Waals surface area (Å²) in [4.78, 5) is 61.9. The van der Waals surface area contributed by atoms with Crippen LogP contribution in [0.5, 0.6) is 0 Å². The SMILES string of the molecule is N=C(N)N1CCC[C@H]1C(=O)N[C@H](CC1CCCCC1)C(=O)N[C@@H](Cc1c[nH]c2ccccc12)C(=O)N[C@@H](CCCN=C(N)N)C(=O)O. The van der Waals surface area contributed by atoms with Gasteiger partial charge in [-0.15, -0.1) is 0 Å². The van der Waals surface area contributed by atoms with Gasteiger partial charge >= 0.3 is 5.97 Å². The van der Waals surface area contributed by atoms with E-state index in [1.807, 2.05) is 24.3 Å². The molecule has 1 aliphatic carbocycles. The molecule has 256 valence electrons. The number of amides is 3. The van der Waals surface area contributed by atoms with Crippen LogP contribution in [-0.4, -0.2) is 87.9 Å². The quantitative estimate of drug-likeness (QED) is 0.0741. The number of nitrogens with two attached hydrogens (primary N) is 3. The van der Waals surface area contributed by atoms with E-state index in [0.29, 0.717) is 32.2 Å². The van der Waals surface area contributed by atoms with Crippen LogP contribution in [0.25, 0.3) is 10.9 Å². The number of carboxylic acids is 1. The topological polar surface area (TPSA) is 258 Å². The second-order valence-electron chi connectivity index (χ2n) is 12.5. The Kier molecular flexibility index (Phi) is 12.4. The Morgan fingerprint density at radius 3 is 2.36 bits per heavy atom. The van der Waals surface area contributed by atoms with Gasteiger partial charge in [0.1, 0.15) is 24.2 Å². The van der Waals surface area contributed by atoms with Crippen LogP contribution in [0.2, 0.25) is 0 Å². The number of guanidine groups is 2. The lowest BCUT2D eigenvalue weighted by molar-refractivity contribution is -0.142. The lowest BCUT2D eigenvalue weighted by atomic mass is 9.84. The second-order valence-corrected chi connectivity index (χ2v) is 12.5. The first-order valence-electron chi connectivity index (χ1n) is 16.4. The maximum Gasteiger partial charge on any atom is 0.326 e. The Bertz CT molecular complexity index is 1450. The molecule has 4 rings (SSSR count). The minimum absolute atomic E-state index is 0.0694. The lowest BCUT2D eigenvalue weighted by Crippen LogP contribution is -2.58. The molecule has 15 nitrogen and oxygen atoms in total. The number of para-hydroxylation sites is 1. The number of carboxylic acid groups (broad SMARTS) is 1. The molecule has 12 N–H and O–H groups in total. The van der Waals surface area contributed by atoms with Crippen molar-refractivity contribution < 1.29 is 24.3 Å². The summed E-state index contributed by atoms with van der Waals surface area (Å²) in [5.41, 5.74) is 18.1. The average molecular weight is 653 g/mol. The first-order chi connectivity index (χ1) is 22.5. The summed E-state index contributed by atoms with van der Waals surface area (Å²) in [5, 5.41) is 27.0. The fourth-order valence-corrected chi connectivity index (χ4v) is 6.62. The molecule has 15 heteroatoms. The Balaban J connectivity index is 1.56. The highest BCUT2D eigenvalue weighted by Crippen LogP contribution is 2.28. The molecule has 3 amide bonds. The van der Waals surface area contributed by atoms with Crippen LogP contribution in [0, 0.1) is 11.3 Å². The smallest absolute Gasteiger partial charge is 0.326 e. The van der Waals surface area contributed by atoms with E-state index in [1.165, 1.54) is 4.90 Å². The Morgan fingerprint density at radius 2 is 1.66 bits per heavy atom. The van der Waals surface area contributed by atoms with Crippen molar-refractivity contribution >= 4 is 46.5 Å². The Morgan fingerprint density at radius 1 is 0.957 bits per heavy atom. The third-order valence-electron chi connectivity index (χ3n) is 9.08. The van der Waals surface area contributed by atoms with E-state index in [1.54, 1.807) is 6.20 Å². The standard InChI is InChI=1S/C32H48N10O5/c33-31(34)37-14-6-12-23(30(46)47)39-28(44)25(17-20-18-38-22-11-5-4-10-21(20)22)40-27(43)24(16-19-8-2-1-3-9-19)41-29(45)26-13-7-15-42(26)32(35)36/h4-5,10-11,18-19,23-26,38H,1-3,6-9,12-17H2,(H3,35,36)(H,39,44)(H,40,43)(H,41,45)(H,46,47)(H4,33,34,37)/t23-,24+,25-,26-/m0/s1. The zero-order valence-corrected chi connectivity index (χ0v) is 26.7. The van der Waals surface area contributed by atoms with E-state index in [9.17, 15) is 24.3 Å². The number of rotatable bonds is 15. The summed E-state index contributed by atoms with van der Waals surface area (Å²) in [6, 6.07) is 3.56. The highest BCUT2D eigenvalue weighted by Gasteiger charge is 2.36. The van der Waals surface area contributed by atoms with Crippen molar-refractivity contribution in [2.24, 2.45) is 28.1 Å². The van der Waals surface area contributed by atoms with Gasteiger partial charge < -0.3 is 48.1 Å². The van der Waals surface area contributed by atoms with E-state index >= 15 is 0 Å². The van der Waals surface area contributed by atoms with Crippen LogP contribution in [0.3, 0.4) is 0 Å². The van der Waals surface area contributed by atoms with Crippen LogP contribution < -0.4 is 33.2 Å². The maximum absolute atomic E-state index is 14.0. The minimum Gasteiger partial charge on any atom is -0.480 e. The van der Waals surface area contributed by atoms with E-state index in [0.717, 1.165) is 48.6 Å². The van der Waals surface area contributed by atoms with Gasteiger partial charge in [-0.05, 0) is 49.7 Å². The normalized spacial score (nSPS) is 18.6. The van der Waals surface area contributed by atoms with Crippen molar-refractivity contribution in [2.75, 3.05) is 13.1 Å². The number of aliphatic carboxylic acids is 1. The molecule has 4 atom stereocenters. The summed E-state index contributed by atoms with van der Waals surface area (Å²) in [7, 11) is 0. The van der Waals surface area contributed by atoms with Gasteiger partial charge in [0, 0.05) is 36.6 Å². The molecule has 0 unspecified atom stereocenters. The molecule has 2 fully saturated rings. The molecular weight excluding hydrogens is 604 g/mol. The number of nitrogens with one attached hydrogen (secondary N) is 5. The number of likely N-dealkylation sites (tertiary alicyclic amines) is 1. The van der Waals surface area contributed by atoms with Gasteiger partial charge in [0.15, 0.2) is 11.9 Å². The molecule has 1 aliphatic heterocycles. The number of H-pyrrole nitrogens is 1. The van der Waals surface area contributed by atoms with Gasteiger partial charge in [-0.2, -0.15) is 0 Å². The molecule has 2 aromatic rings. The molecule has 1 saturated heterocycles. The minimum atomic E-state index is -1.24. The average Bonchev–Trinajstić information content (AvgIpc) is 3.70. The maximum atomic E-state index is 14.0. The summed E-state index contributed by atoms with van der Waals surface area (Å²) >= 11 is 0. The second kappa shape index (κ2) is 16.7. The van der Waals surface area contributed by atoms with Crippen LogP contribution in [0.15, 0.2) is 35.5 Å². The molecule has 1 aromatic carbocycles. The number of aromatic nitrogens is 1. The summed E-state index contributed by atoms with van der Waals surface area (Å²) in [5.74, 6) is -2.91. The Hall–Kier alpha value is -4.82. The molecule has 2 heterocycles. The van der Waals surface area contributed by atoms with Gasteiger partial charge in [-0.3, -0.25) is 24.8 Å². The summed E-state index contributed by atoms with van der Waals surface area (Å²) < 4.78 is 0. The third kappa shape index (κ3) is 9.83. The first kappa shape index (κ1) is 35.0. The zero-order valence-electron chi connectivity index (χ0n) is 26.7. The molecule has 2 aliphatic rings. The van der Waals surface area contributed by atoms with Crippen molar-refractivity contribution in [3.05, 3.63) is 36.0 Å². The number of hydrogen-bond donors (Lipinski definition) is 9. The largest absolute Gasteiger partial charge is 0.480 e. The van der Waals surface area contributed by atoms with Crippen LogP contribution in [0.4, 0.5) is 0 Å². The highest BCUT2D eigenvalue weighted by atomic mass is 16.4. The number of aliphatic imine (C=N–C) groups is 1. The van der Waals surface area contributed by atoms with E-state index in [-0.39, 0.29) is 37.2 Å². The molecule has 0 bridgehead atoms. The van der Waals surface area contributed by atoms with Crippen molar-refractivity contribution in [2.45, 2.75) is 94.8 Å². The van der Waals surface area contributed by atoms with Gasteiger partial charge in [0.25, 0.3) is 0 Å². The van der Waals surface area contributed by atoms with Crippen molar-refractivity contribution in [3.63, 3.8) is 0 Å². The van der Waals surface area contributed by atoms with Crippen molar-refractivity contribution in [1.29, 1.82) is 5.41 Å². The van der Waals surface area contributed by atoms with Crippen molar-refractivity contribution in [1.82, 2.24) is 25.8 Å². The summed E-state index contributed by atoms with van der Waals surface area (Å²) in [6.45, 7) is 0.679. The monoisotopic (exact) mass is 652 g/mol. The number of benzene rings is 1. The molecular formula is C32H48N10O5. The van der Waals surface area contributed by atoms with Crippen LogP contribution in [0.1, 0.15) is 69.8 Å². The van der Waals surface area contributed by atoms with E-state index in [4.69, 9.17) is 22.6 Å². The molecule has 47 heavy (non-hydrogen) atoms. The van der Waals surface area contributed by atoms with Gasteiger partial charge in [-0.1, -0.05) is 50.3 Å². The zero-order chi connectivity index (χ0) is 33.9. The molecule has 0 spiro atoms. The summed E-state index contributed by atoms with van der Waals surface area (Å²) in [6.07, 6.45) is 8.89. The molecule has 1 saturated carbocycles. The number of fused-ring (bicyclic) bond motifs is 1. The van der Waals surface area contributed by atoms with Crippen LogP contribution in [-0.2, 0) is 25.6 Å². The van der Waals surface area contributed by atoms with E-state index in [2.05, 4.69) is 25.9 Å². The molecule has 0 radical (unpaired) electrons. The predicted molar refractivity (Wildman–Crippen MR) is 178 cm³/mol. The fraction of sp³-hybridized carbons (Fsp3) is 0.562. The number of carbonyl (C=O) groups excluding carboxylic acids is 3. The first-order valence-corrected chi connectivity index (χ1v) is 16.4. The van der Waals surface area contributed by atoms with E-state index < -0.39 is 47.9 Å². The number of nitrogens with zero attached hydrogens (tertiary/aromatic N) is 2. The fourth-order valence-electron chi connectivity index (χ4n) is 6.62. The third-order valence-corrected chi connectivity index (χ3v) is 9.08. The molecule has 1 aromatic heterocycles. The number of hydrogen-bond acceptors (Lipinski definition) is 6. The van der Waals surface area contributed by atoms with Crippen LogP contribution >= 0.6 is 0 Å². The highest BCUT2D eigenvalue weighted by molar-refractivity contribution is 5.95. The predicted octanol–water partition coefficient (Wildman–Crippen LogP) is 0.631.